The minimum absolute atomic E-state index is 0.218. The number of nitrogens with zero attached hydrogens (tertiary/aromatic N) is 1. The number of para-hydroxylation sites is 1. The molecule has 5 heteroatoms. The summed E-state index contributed by atoms with van der Waals surface area (Å²) >= 11 is 0. The van der Waals surface area contributed by atoms with E-state index in [0.29, 0.717) is 16.7 Å². The van der Waals surface area contributed by atoms with Crippen molar-refractivity contribution in [1.82, 2.24) is 9.97 Å². The highest BCUT2D eigenvalue weighted by atomic mass is 16.5. The summed E-state index contributed by atoms with van der Waals surface area (Å²) in [6, 6.07) is 13.4. The number of H-pyrrole nitrogens is 1. The second-order valence-electron chi connectivity index (χ2n) is 7.09. The molecule has 3 aromatic rings. The molecule has 0 aliphatic heterocycles. The van der Waals surface area contributed by atoms with Gasteiger partial charge in [-0.15, -0.1) is 0 Å². The van der Waals surface area contributed by atoms with Crippen LogP contribution < -0.4 is 5.56 Å². The number of ether oxygens (including phenoxy) is 1. The van der Waals surface area contributed by atoms with Gasteiger partial charge in [-0.3, -0.25) is 9.59 Å². The van der Waals surface area contributed by atoms with E-state index >= 15 is 0 Å². The van der Waals surface area contributed by atoms with Gasteiger partial charge in [-0.05, 0) is 61.4 Å². The molecule has 1 heterocycles. The maximum atomic E-state index is 12.4. The lowest BCUT2D eigenvalue weighted by Gasteiger charge is -2.17. The Bertz CT molecular complexity index is 1050. The van der Waals surface area contributed by atoms with E-state index in [-0.39, 0.29) is 17.9 Å². The average Bonchev–Trinajstić information content (AvgIpc) is 2.67. The zero-order valence-corrected chi connectivity index (χ0v) is 15.3. The predicted octanol–water partition coefficient (Wildman–Crippen LogP) is 3.65. The maximum absolute atomic E-state index is 12.4. The first-order valence-electron chi connectivity index (χ1n) is 9.39. The molecule has 0 saturated heterocycles. The van der Waals surface area contributed by atoms with Crippen molar-refractivity contribution in [3.63, 3.8) is 0 Å². The van der Waals surface area contributed by atoms with E-state index in [1.165, 1.54) is 24.0 Å². The number of nitrogens with one attached hydrogen (secondary N) is 1. The molecule has 0 radical (unpaired) electrons. The smallest absolute Gasteiger partial charge is 0.310 e. The molecule has 0 saturated carbocycles. The second-order valence-corrected chi connectivity index (χ2v) is 7.09. The van der Waals surface area contributed by atoms with Crippen LogP contribution in [0, 0.1) is 0 Å². The molecule has 2 aromatic carbocycles. The van der Waals surface area contributed by atoms with Crippen LogP contribution in [0.1, 0.15) is 48.4 Å². The van der Waals surface area contributed by atoms with Crippen LogP contribution in [0.25, 0.3) is 10.9 Å². The predicted molar refractivity (Wildman–Crippen MR) is 104 cm³/mol. The summed E-state index contributed by atoms with van der Waals surface area (Å²) in [6.45, 7) is 1.72. The zero-order valence-electron chi connectivity index (χ0n) is 15.3. The molecule has 138 valence electrons. The molecular formula is C22H22N2O3. The van der Waals surface area contributed by atoms with Crippen LogP contribution >= 0.6 is 0 Å². The first-order valence-corrected chi connectivity index (χ1v) is 9.39. The van der Waals surface area contributed by atoms with Gasteiger partial charge in [0.2, 0.25) is 0 Å². The van der Waals surface area contributed by atoms with Gasteiger partial charge < -0.3 is 9.72 Å². The number of rotatable bonds is 4. The van der Waals surface area contributed by atoms with Gasteiger partial charge in [-0.25, -0.2) is 4.98 Å². The Morgan fingerprint density at radius 3 is 2.78 bits per heavy atom. The highest BCUT2D eigenvalue weighted by Gasteiger charge is 2.17. The third-order valence-corrected chi connectivity index (χ3v) is 5.09. The molecular weight excluding hydrogens is 340 g/mol. The molecule has 1 atom stereocenters. The van der Waals surface area contributed by atoms with E-state index < -0.39 is 6.10 Å². The topological polar surface area (TPSA) is 72.0 Å². The fraction of sp³-hybridized carbons (Fsp3) is 0.318. The molecule has 1 aromatic heterocycles. The van der Waals surface area contributed by atoms with E-state index in [1.807, 2.05) is 12.1 Å². The van der Waals surface area contributed by atoms with Gasteiger partial charge in [0.1, 0.15) is 0 Å². The Labute approximate surface area is 157 Å². The van der Waals surface area contributed by atoms with Gasteiger partial charge in [0.25, 0.3) is 5.56 Å². The van der Waals surface area contributed by atoms with Crippen molar-refractivity contribution in [3.05, 3.63) is 75.3 Å². The van der Waals surface area contributed by atoms with Crippen LogP contribution in [0.15, 0.2) is 47.3 Å². The number of aromatic nitrogens is 2. The number of hydrogen-bond acceptors (Lipinski definition) is 4. The first kappa shape index (κ1) is 17.5. The average molecular weight is 362 g/mol. The van der Waals surface area contributed by atoms with Gasteiger partial charge in [0.05, 0.1) is 17.3 Å². The minimum Gasteiger partial charge on any atom is -0.454 e. The molecule has 0 unspecified atom stereocenters. The van der Waals surface area contributed by atoms with Crippen LogP contribution in [0.2, 0.25) is 0 Å². The van der Waals surface area contributed by atoms with Crippen LogP contribution in [0.3, 0.4) is 0 Å². The van der Waals surface area contributed by atoms with Gasteiger partial charge >= 0.3 is 5.97 Å². The molecule has 0 fully saturated rings. The number of carbonyl (C=O) groups excluding carboxylic acids is 1. The van der Waals surface area contributed by atoms with Crippen LogP contribution in [-0.2, 0) is 28.8 Å². The van der Waals surface area contributed by atoms with Crippen LogP contribution in [0.4, 0.5) is 0 Å². The highest BCUT2D eigenvalue weighted by molar-refractivity contribution is 5.77. The number of fused-ring (bicyclic) bond motifs is 2. The van der Waals surface area contributed by atoms with Crippen LogP contribution in [0.5, 0.6) is 0 Å². The van der Waals surface area contributed by atoms with Crippen molar-refractivity contribution in [2.45, 2.75) is 45.1 Å². The van der Waals surface area contributed by atoms with Gasteiger partial charge in [-0.2, -0.15) is 0 Å². The molecule has 0 bridgehead atoms. The summed E-state index contributed by atoms with van der Waals surface area (Å²) in [5.74, 6) is 0.0338. The molecule has 5 nitrogen and oxygen atoms in total. The molecule has 1 N–H and O–H groups in total. The Morgan fingerprint density at radius 2 is 1.93 bits per heavy atom. The van der Waals surface area contributed by atoms with Crippen molar-refractivity contribution >= 4 is 16.9 Å². The number of aromatic amines is 1. The second kappa shape index (κ2) is 7.35. The SMILES string of the molecule is C[C@H](OC(=O)Cc1ccc2c(c1)CCCC2)c1nc2ccccc2c(=O)[nH]1. The molecule has 27 heavy (non-hydrogen) atoms. The fourth-order valence-corrected chi connectivity index (χ4v) is 3.66. The lowest BCUT2D eigenvalue weighted by molar-refractivity contribution is -0.148. The lowest BCUT2D eigenvalue weighted by atomic mass is 9.90. The maximum Gasteiger partial charge on any atom is 0.310 e. The molecule has 1 aliphatic carbocycles. The van der Waals surface area contributed by atoms with Crippen molar-refractivity contribution in [2.24, 2.45) is 0 Å². The number of aryl methyl sites for hydroxylation is 2. The summed E-state index contributed by atoms with van der Waals surface area (Å²) in [5.41, 5.74) is 4.07. The van der Waals surface area contributed by atoms with E-state index in [4.69, 9.17) is 4.74 Å². The van der Waals surface area contributed by atoms with Gasteiger partial charge in [-0.1, -0.05) is 30.3 Å². The lowest BCUT2D eigenvalue weighted by Crippen LogP contribution is -2.18. The van der Waals surface area contributed by atoms with Crippen molar-refractivity contribution < 1.29 is 9.53 Å². The third kappa shape index (κ3) is 3.77. The van der Waals surface area contributed by atoms with E-state index in [9.17, 15) is 9.59 Å². The molecule has 0 amide bonds. The van der Waals surface area contributed by atoms with E-state index in [0.717, 1.165) is 18.4 Å². The van der Waals surface area contributed by atoms with Crippen molar-refractivity contribution in [3.8, 4) is 0 Å². The van der Waals surface area contributed by atoms with Gasteiger partial charge in [0, 0.05) is 0 Å². The number of benzene rings is 2. The van der Waals surface area contributed by atoms with E-state index in [1.54, 1.807) is 25.1 Å². The largest absolute Gasteiger partial charge is 0.454 e. The van der Waals surface area contributed by atoms with Crippen molar-refractivity contribution in [1.29, 1.82) is 0 Å². The molecule has 4 rings (SSSR count). The Kier molecular flexibility index (Phi) is 4.75. The zero-order chi connectivity index (χ0) is 18.8. The van der Waals surface area contributed by atoms with Crippen LogP contribution in [-0.4, -0.2) is 15.9 Å². The summed E-state index contributed by atoms with van der Waals surface area (Å²) in [4.78, 5) is 31.7. The molecule has 0 spiro atoms. The standard InChI is InChI=1S/C22H22N2O3/c1-14(21-23-19-9-5-4-8-18(19)22(26)24-21)27-20(25)13-15-10-11-16-6-2-3-7-17(16)12-15/h4-5,8-12,14H,2-3,6-7,13H2,1H3,(H,23,24,26)/t14-/m0/s1. The normalized spacial score (nSPS) is 14.6. The monoisotopic (exact) mass is 362 g/mol. The number of hydrogen-bond donors (Lipinski definition) is 1. The Balaban J connectivity index is 1.47. The van der Waals surface area contributed by atoms with E-state index in [2.05, 4.69) is 22.1 Å². The summed E-state index contributed by atoms with van der Waals surface area (Å²) < 4.78 is 5.52. The minimum atomic E-state index is -0.618. The summed E-state index contributed by atoms with van der Waals surface area (Å²) in [7, 11) is 0. The van der Waals surface area contributed by atoms with Crippen molar-refractivity contribution in [2.75, 3.05) is 0 Å². The number of carbonyl (C=O) groups is 1. The third-order valence-electron chi connectivity index (χ3n) is 5.09. The quantitative estimate of drug-likeness (QED) is 0.719. The summed E-state index contributed by atoms with van der Waals surface area (Å²) in [6.07, 6.45) is 4.25. The summed E-state index contributed by atoms with van der Waals surface area (Å²) in [5, 5.41) is 0.522. The fourth-order valence-electron chi connectivity index (χ4n) is 3.66. The first-order chi connectivity index (χ1) is 13.1. The Morgan fingerprint density at radius 1 is 1.15 bits per heavy atom. The molecule has 1 aliphatic rings. The Hall–Kier alpha value is -2.95. The highest BCUT2D eigenvalue weighted by Crippen LogP contribution is 2.23. The van der Waals surface area contributed by atoms with Gasteiger partial charge in [0.15, 0.2) is 11.9 Å². The number of esters is 1.